The molecule has 2 aliphatic rings. The van der Waals surface area contributed by atoms with Crippen LogP contribution in [0.15, 0.2) is 48.5 Å². The van der Waals surface area contributed by atoms with Crippen LogP contribution in [-0.2, 0) is 14.8 Å². The molecule has 0 saturated carbocycles. The summed E-state index contributed by atoms with van der Waals surface area (Å²) in [7, 11) is -3.51. The van der Waals surface area contributed by atoms with Gasteiger partial charge in [-0.25, -0.2) is 8.42 Å². The van der Waals surface area contributed by atoms with Gasteiger partial charge in [-0.1, -0.05) is 61.0 Å². The first-order chi connectivity index (χ1) is 14.2. The van der Waals surface area contributed by atoms with Crippen LogP contribution < -0.4 is 0 Å². The maximum absolute atomic E-state index is 12.5. The molecule has 7 heteroatoms. The van der Waals surface area contributed by atoms with Crippen LogP contribution in [0.1, 0.15) is 30.4 Å². The van der Waals surface area contributed by atoms with Gasteiger partial charge in [-0.2, -0.15) is 4.31 Å². The monoisotopic (exact) mass is 428 g/mol. The molecule has 1 spiro atoms. The van der Waals surface area contributed by atoms with E-state index in [9.17, 15) is 18.3 Å². The Morgan fingerprint density at radius 2 is 1.60 bits per heavy atom. The number of hydrogen-bond donors (Lipinski definition) is 1. The molecule has 2 heterocycles. The number of hydrogen-bond acceptors (Lipinski definition) is 4. The van der Waals surface area contributed by atoms with Crippen molar-refractivity contribution in [2.24, 2.45) is 0 Å². The minimum atomic E-state index is -3.51. The van der Waals surface area contributed by atoms with E-state index < -0.39 is 21.6 Å². The molecule has 0 aromatic heterocycles. The molecule has 0 radical (unpaired) electrons. The van der Waals surface area contributed by atoms with Gasteiger partial charge in [0.15, 0.2) is 0 Å². The number of sulfonamides is 1. The zero-order valence-electron chi connectivity index (χ0n) is 17.6. The topological polar surface area (TPSA) is 77.9 Å². The SMILES string of the molecule is CCC(=O)N1CC2(C1)[C@H](c1ccc(-c3ccc(C)cc3)cc1)[C@H](CO)N2S(C)(=O)=O. The molecule has 4 rings (SSSR count). The Balaban J connectivity index is 1.66. The molecule has 160 valence electrons. The highest BCUT2D eigenvalue weighted by Gasteiger charge is 2.69. The lowest BCUT2D eigenvalue weighted by atomic mass is 9.62. The van der Waals surface area contributed by atoms with E-state index in [-0.39, 0.29) is 18.4 Å². The normalized spacial score (nSPS) is 23.1. The Morgan fingerprint density at radius 1 is 1.07 bits per heavy atom. The van der Waals surface area contributed by atoms with Crippen LogP contribution >= 0.6 is 0 Å². The van der Waals surface area contributed by atoms with Crippen LogP contribution in [0.4, 0.5) is 0 Å². The highest BCUT2D eigenvalue weighted by molar-refractivity contribution is 7.88. The van der Waals surface area contributed by atoms with E-state index in [0.29, 0.717) is 19.5 Å². The van der Waals surface area contributed by atoms with E-state index >= 15 is 0 Å². The van der Waals surface area contributed by atoms with E-state index in [4.69, 9.17) is 0 Å². The van der Waals surface area contributed by atoms with E-state index in [1.54, 1.807) is 11.8 Å². The van der Waals surface area contributed by atoms with Gasteiger partial charge in [0.05, 0.1) is 24.4 Å². The lowest BCUT2D eigenvalue weighted by Gasteiger charge is -2.69. The fraction of sp³-hybridized carbons (Fsp3) is 0.435. The summed E-state index contributed by atoms with van der Waals surface area (Å²) < 4.78 is 26.4. The van der Waals surface area contributed by atoms with Crippen molar-refractivity contribution in [2.45, 2.75) is 37.8 Å². The average Bonchev–Trinajstić information content (AvgIpc) is 2.66. The summed E-state index contributed by atoms with van der Waals surface area (Å²) in [5.41, 5.74) is 3.74. The third-order valence-corrected chi connectivity index (χ3v) is 7.84. The predicted octanol–water partition coefficient (Wildman–Crippen LogP) is 2.37. The van der Waals surface area contributed by atoms with Crippen molar-refractivity contribution in [3.8, 4) is 11.1 Å². The lowest BCUT2D eigenvalue weighted by molar-refractivity contribution is -0.167. The standard InChI is InChI=1S/C23H28N2O4S/c1-4-21(27)24-14-23(15-24)22(20(13-26)25(23)30(3,28)29)19-11-9-18(10-12-19)17-7-5-16(2)6-8-17/h5-12,20,22,26H,4,13-15H2,1-3H3/t20-,22+/m0/s1. The third kappa shape index (κ3) is 3.25. The average molecular weight is 429 g/mol. The van der Waals surface area contributed by atoms with Gasteiger partial charge in [-0.05, 0) is 23.6 Å². The summed E-state index contributed by atoms with van der Waals surface area (Å²) in [4.78, 5) is 13.8. The number of likely N-dealkylation sites (tertiary alicyclic amines) is 1. The van der Waals surface area contributed by atoms with Crippen LogP contribution in [-0.4, -0.2) is 66.2 Å². The van der Waals surface area contributed by atoms with Gasteiger partial charge in [0, 0.05) is 25.4 Å². The number of benzene rings is 2. The van der Waals surface area contributed by atoms with Gasteiger partial charge in [-0.15, -0.1) is 0 Å². The van der Waals surface area contributed by atoms with Crippen molar-refractivity contribution in [2.75, 3.05) is 26.0 Å². The molecular weight excluding hydrogens is 400 g/mol. The Labute approximate surface area is 178 Å². The van der Waals surface area contributed by atoms with Crippen molar-refractivity contribution >= 4 is 15.9 Å². The van der Waals surface area contributed by atoms with Gasteiger partial charge in [0.1, 0.15) is 0 Å². The number of nitrogens with zero attached hydrogens (tertiary/aromatic N) is 2. The zero-order chi connectivity index (χ0) is 21.7. The van der Waals surface area contributed by atoms with E-state index in [0.717, 1.165) is 16.7 Å². The number of rotatable bonds is 5. The number of carbonyl (C=O) groups excluding carboxylic acids is 1. The molecule has 6 nitrogen and oxygen atoms in total. The summed E-state index contributed by atoms with van der Waals surface area (Å²) >= 11 is 0. The van der Waals surface area contributed by atoms with Gasteiger partial charge < -0.3 is 10.0 Å². The lowest BCUT2D eigenvalue weighted by Crippen LogP contribution is -2.85. The van der Waals surface area contributed by atoms with Gasteiger partial charge in [-0.3, -0.25) is 4.79 Å². The molecular formula is C23H28N2O4S. The quantitative estimate of drug-likeness (QED) is 0.793. The second-order valence-corrected chi connectivity index (χ2v) is 10.3. The fourth-order valence-electron chi connectivity index (χ4n) is 5.15. The molecule has 2 fully saturated rings. The molecule has 0 bridgehead atoms. The number of aryl methyl sites for hydroxylation is 1. The largest absolute Gasteiger partial charge is 0.395 e. The Morgan fingerprint density at radius 3 is 2.07 bits per heavy atom. The van der Waals surface area contributed by atoms with Gasteiger partial charge in [0.25, 0.3) is 0 Å². The van der Waals surface area contributed by atoms with Crippen LogP contribution in [0.5, 0.6) is 0 Å². The summed E-state index contributed by atoms with van der Waals surface area (Å²) in [5, 5.41) is 10.00. The first-order valence-electron chi connectivity index (χ1n) is 10.3. The highest BCUT2D eigenvalue weighted by Crippen LogP contribution is 2.55. The number of aliphatic hydroxyl groups excluding tert-OH is 1. The fourth-order valence-corrected chi connectivity index (χ4v) is 6.72. The van der Waals surface area contributed by atoms with Crippen molar-refractivity contribution in [1.82, 2.24) is 9.21 Å². The molecule has 0 unspecified atom stereocenters. The van der Waals surface area contributed by atoms with E-state index in [1.165, 1.54) is 16.1 Å². The number of aliphatic hydroxyl groups is 1. The minimum absolute atomic E-state index is 0.0231. The first kappa shape index (κ1) is 21.0. The second-order valence-electron chi connectivity index (χ2n) is 8.48. The van der Waals surface area contributed by atoms with Crippen LogP contribution in [0.2, 0.25) is 0 Å². The summed E-state index contributed by atoms with van der Waals surface area (Å²) in [6.45, 7) is 4.35. The summed E-state index contributed by atoms with van der Waals surface area (Å²) in [6, 6.07) is 15.9. The van der Waals surface area contributed by atoms with Gasteiger partial charge in [0.2, 0.25) is 15.9 Å². The molecule has 2 aromatic rings. The maximum Gasteiger partial charge on any atom is 0.222 e. The maximum atomic E-state index is 12.5. The number of carbonyl (C=O) groups is 1. The Bertz CT molecular complexity index is 1040. The molecule has 2 aliphatic heterocycles. The smallest absolute Gasteiger partial charge is 0.222 e. The molecule has 2 saturated heterocycles. The second kappa shape index (κ2) is 7.48. The molecule has 30 heavy (non-hydrogen) atoms. The molecule has 0 aliphatic carbocycles. The first-order valence-corrected chi connectivity index (χ1v) is 12.1. The molecule has 1 N–H and O–H groups in total. The zero-order valence-corrected chi connectivity index (χ0v) is 18.4. The Kier molecular flexibility index (Phi) is 5.24. The van der Waals surface area contributed by atoms with Crippen LogP contribution in [0.25, 0.3) is 11.1 Å². The Hall–Kier alpha value is -2.22. The molecule has 1 amide bonds. The van der Waals surface area contributed by atoms with E-state index in [2.05, 4.69) is 31.2 Å². The van der Waals surface area contributed by atoms with Crippen molar-refractivity contribution < 1.29 is 18.3 Å². The summed E-state index contributed by atoms with van der Waals surface area (Å²) in [5.74, 6) is -0.125. The van der Waals surface area contributed by atoms with E-state index in [1.807, 2.05) is 24.3 Å². The van der Waals surface area contributed by atoms with Crippen LogP contribution in [0.3, 0.4) is 0 Å². The molecule has 2 atom stereocenters. The van der Waals surface area contributed by atoms with Crippen LogP contribution in [0, 0.1) is 6.92 Å². The van der Waals surface area contributed by atoms with Crippen molar-refractivity contribution in [3.63, 3.8) is 0 Å². The highest BCUT2D eigenvalue weighted by atomic mass is 32.2. The molecule has 2 aromatic carbocycles. The van der Waals surface area contributed by atoms with Crippen molar-refractivity contribution in [1.29, 1.82) is 0 Å². The minimum Gasteiger partial charge on any atom is -0.395 e. The summed E-state index contributed by atoms with van der Waals surface area (Å²) in [6.07, 6.45) is 1.58. The third-order valence-electron chi connectivity index (χ3n) is 6.49. The van der Waals surface area contributed by atoms with Crippen molar-refractivity contribution in [3.05, 3.63) is 59.7 Å². The predicted molar refractivity (Wildman–Crippen MR) is 117 cm³/mol. The van der Waals surface area contributed by atoms with Gasteiger partial charge >= 0.3 is 0 Å². The number of amides is 1.